The molecule has 3 atom stereocenters. The molecule has 1 fully saturated rings. The molecule has 6 heteroatoms. The molecule has 1 N–H and O–H groups in total. The van der Waals surface area contributed by atoms with Crippen LogP contribution in [-0.2, 0) is 23.9 Å². The fourth-order valence-corrected chi connectivity index (χ4v) is 2.51. The smallest absolute Gasteiger partial charge is 0.306 e. The van der Waals surface area contributed by atoms with Gasteiger partial charge < -0.3 is 14.6 Å². The molecule has 1 aliphatic rings. The Morgan fingerprint density at radius 3 is 2.76 bits per heavy atom. The minimum Gasteiger partial charge on any atom is -0.481 e. The van der Waals surface area contributed by atoms with Crippen molar-refractivity contribution in [3.8, 4) is 0 Å². The molecule has 0 aromatic heterocycles. The van der Waals surface area contributed by atoms with E-state index in [1.165, 1.54) is 6.92 Å². The Morgan fingerprint density at radius 2 is 2.19 bits per heavy atom. The summed E-state index contributed by atoms with van der Waals surface area (Å²) in [6, 6.07) is 0. The number of ketones is 1. The fourth-order valence-electron chi connectivity index (χ4n) is 2.51. The van der Waals surface area contributed by atoms with Gasteiger partial charge in [-0.15, -0.1) is 0 Å². The predicted octanol–water partition coefficient (Wildman–Crippen LogP) is 1.95. The molecule has 0 radical (unpaired) electrons. The van der Waals surface area contributed by atoms with Gasteiger partial charge >= 0.3 is 11.9 Å². The van der Waals surface area contributed by atoms with E-state index < -0.39 is 29.6 Å². The highest BCUT2D eigenvalue weighted by Gasteiger charge is 2.40. The van der Waals surface area contributed by atoms with Crippen molar-refractivity contribution in [2.24, 2.45) is 5.92 Å². The predicted molar refractivity (Wildman–Crippen MR) is 74.8 cm³/mol. The lowest BCUT2D eigenvalue weighted by molar-refractivity contribution is -0.168. The number of carboxylic acid groups (broad SMARTS) is 1. The lowest BCUT2D eigenvalue weighted by Crippen LogP contribution is -2.44. The zero-order valence-electron chi connectivity index (χ0n) is 12.9. The van der Waals surface area contributed by atoms with Crippen LogP contribution in [0.1, 0.15) is 52.9 Å². The number of aliphatic carboxylic acids is 1. The number of rotatable bonds is 6. The van der Waals surface area contributed by atoms with Crippen LogP contribution in [0.4, 0.5) is 0 Å². The molecule has 0 amide bonds. The molecule has 1 heterocycles. The first kappa shape index (κ1) is 17.6. The Bertz CT molecular complexity index is 405. The number of Topliss-reactive ketones (excluding diaryl/α,β-unsaturated/α-hetero) is 1. The standard InChI is InChI=1S/C15H24O6/c1-10(14(18)19)5-4-8-15(3)13(21-11(2)16)7-6-12(17)9-20-15/h10,13H,4-9H2,1-3H3,(H,18,19)/t10?,13-,15+/m1/s1. The van der Waals surface area contributed by atoms with Crippen LogP contribution < -0.4 is 0 Å². The topological polar surface area (TPSA) is 89.9 Å². The van der Waals surface area contributed by atoms with Crippen molar-refractivity contribution < 1.29 is 29.0 Å². The first-order valence-corrected chi connectivity index (χ1v) is 7.30. The zero-order chi connectivity index (χ0) is 16.0. The lowest BCUT2D eigenvalue weighted by atomic mass is 9.88. The van der Waals surface area contributed by atoms with Crippen LogP contribution in [0, 0.1) is 5.92 Å². The van der Waals surface area contributed by atoms with Crippen molar-refractivity contribution >= 4 is 17.7 Å². The van der Waals surface area contributed by atoms with E-state index in [2.05, 4.69) is 0 Å². The number of carboxylic acids is 1. The molecule has 120 valence electrons. The van der Waals surface area contributed by atoms with Crippen molar-refractivity contribution in [1.82, 2.24) is 0 Å². The Morgan fingerprint density at radius 1 is 1.52 bits per heavy atom. The SMILES string of the molecule is CC(=O)O[C@@H]1CCC(=O)CO[C@@]1(C)CCCC(C)C(=O)O. The van der Waals surface area contributed by atoms with Gasteiger partial charge in [0, 0.05) is 13.3 Å². The third-order valence-electron chi connectivity index (χ3n) is 3.97. The third-order valence-corrected chi connectivity index (χ3v) is 3.97. The fraction of sp³-hybridized carbons (Fsp3) is 0.800. The maximum atomic E-state index is 11.5. The van der Waals surface area contributed by atoms with Crippen molar-refractivity contribution in [2.75, 3.05) is 6.61 Å². The summed E-state index contributed by atoms with van der Waals surface area (Å²) in [5, 5.41) is 8.89. The van der Waals surface area contributed by atoms with E-state index >= 15 is 0 Å². The van der Waals surface area contributed by atoms with Crippen LogP contribution in [0.25, 0.3) is 0 Å². The Labute approximate surface area is 124 Å². The zero-order valence-corrected chi connectivity index (χ0v) is 12.9. The summed E-state index contributed by atoms with van der Waals surface area (Å²) < 4.78 is 11.0. The van der Waals surface area contributed by atoms with Crippen LogP contribution in [-0.4, -0.2) is 41.1 Å². The number of hydrogen-bond donors (Lipinski definition) is 1. The molecular formula is C15H24O6. The van der Waals surface area contributed by atoms with Gasteiger partial charge in [0.05, 0.1) is 5.92 Å². The first-order chi connectivity index (χ1) is 9.74. The van der Waals surface area contributed by atoms with E-state index in [9.17, 15) is 14.4 Å². The van der Waals surface area contributed by atoms with Gasteiger partial charge in [0.25, 0.3) is 0 Å². The van der Waals surface area contributed by atoms with Crippen LogP contribution in [0.2, 0.25) is 0 Å². The van der Waals surface area contributed by atoms with Crippen molar-refractivity contribution in [3.05, 3.63) is 0 Å². The van der Waals surface area contributed by atoms with Gasteiger partial charge in [-0.3, -0.25) is 14.4 Å². The molecule has 0 spiro atoms. The molecule has 1 aliphatic heterocycles. The average molecular weight is 300 g/mol. The quantitative estimate of drug-likeness (QED) is 0.754. The monoisotopic (exact) mass is 300 g/mol. The lowest BCUT2D eigenvalue weighted by Gasteiger charge is -2.35. The van der Waals surface area contributed by atoms with Gasteiger partial charge in [-0.2, -0.15) is 0 Å². The molecule has 0 saturated carbocycles. The molecule has 0 aliphatic carbocycles. The second kappa shape index (κ2) is 7.54. The highest BCUT2D eigenvalue weighted by molar-refractivity contribution is 5.80. The second-order valence-electron chi connectivity index (χ2n) is 5.91. The van der Waals surface area contributed by atoms with Gasteiger partial charge in [-0.1, -0.05) is 6.92 Å². The highest BCUT2D eigenvalue weighted by atomic mass is 16.6. The van der Waals surface area contributed by atoms with Crippen molar-refractivity contribution in [3.63, 3.8) is 0 Å². The summed E-state index contributed by atoms with van der Waals surface area (Å²) in [6.07, 6.45) is 2.02. The minimum atomic E-state index is -0.825. The summed E-state index contributed by atoms with van der Waals surface area (Å²) in [5.74, 6) is -1.65. The molecule has 1 unspecified atom stereocenters. The van der Waals surface area contributed by atoms with Crippen LogP contribution >= 0.6 is 0 Å². The minimum absolute atomic E-state index is 0.00483. The van der Waals surface area contributed by atoms with Gasteiger partial charge in [0.15, 0.2) is 5.78 Å². The summed E-state index contributed by atoms with van der Waals surface area (Å²) in [5.41, 5.74) is -0.740. The Balaban J connectivity index is 2.67. The van der Waals surface area contributed by atoms with E-state index in [4.69, 9.17) is 14.6 Å². The third kappa shape index (κ3) is 5.46. The second-order valence-corrected chi connectivity index (χ2v) is 5.91. The maximum absolute atomic E-state index is 11.5. The Hall–Kier alpha value is -1.43. The summed E-state index contributed by atoms with van der Waals surface area (Å²) >= 11 is 0. The van der Waals surface area contributed by atoms with E-state index in [0.29, 0.717) is 32.1 Å². The molecule has 0 aromatic carbocycles. The van der Waals surface area contributed by atoms with Crippen LogP contribution in [0.3, 0.4) is 0 Å². The normalized spacial score (nSPS) is 27.8. The average Bonchev–Trinajstić information content (AvgIpc) is 2.52. The summed E-state index contributed by atoms with van der Waals surface area (Å²) in [6.45, 7) is 4.83. The summed E-state index contributed by atoms with van der Waals surface area (Å²) in [7, 11) is 0. The maximum Gasteiger partial charge on any atom is 0.306 e. The number of esters is 1. The first-order valence-electron chi connectivity index (χ1n) is 7.30. The van der Waals surface area contributed by atoms with E-state index in [0.717, 1.165) is 0 Å². The Kier molecular flexibility index (Phi) is 6.33. The van der Waals surface area contributed by atoms with Gasteiger partial charge in [0.1, 0.15) is 18.3 Å². The molecule has 1 rings (SSSR count). The molecule has 0 aromatic rings. The molecule has 1 saturated heterocycles. The number of carbonyl (C=O) groups excluding carboxylic acids is 2. The van der Waals surface area contributed by atoms with E-state index in [1.54, 1.807) is 6.92 Å². The number of ether oxygens (including phenoxy) is 2. The summed E-state index contributed by atoms with van der Waals surface area (Å²) in [4.78, 5) is 33.6. The van der Waals surface area contributed by atoms with E-state index in [-0.39, 0.29) is 12.4 Å². The van der Waals surface area contributed by atoms with Gasteiger partial charge in [-0.05, 0) is 32.6 Å². The number of carbonyl (C=O) groups is 3. The van der Waals surface area contributed by atoms with Crippen molar-refractivity contribution in [2.45, 2.75) is 64.6 Å². The molecule has 21 heavy (non-hydrogen) atoms. The highest BCUT2D eigenvalue weighted by Crippen LogP contribution is 2.31. The van der Waals surface area contributed by atoms with Gasteiger partial charge in [0.2, 0.25) is 0 Å². The largest absolute Gasteiger partial charge is 0.481 e. The number of hydrogen-bond acceptors (Lipinski definition) is 5. The van der Waals surface area contributed by atoms with Crippen LogP contribution in [0.15, 0.2) is 0 Å². The molecular weight excluding hydrogens is 276 g/mol. The van der Waals surface area contributed by atoms with Crippen LogP contribution in [0.5, 0.6) is 0 Å². The van der Waals surface area contributed by atoms with Crippen molar-refractivity contribution in [1.29, 1.82) is 0 Å². The molecule has 0 bridgehead atoms. The van der Waals surface area contributed by atoms with Gasteiger partial charge in [-0.25, -0.2) is 0 Å². The molecule has 6 nitrogen and oxygen atoms in total. The van der Waals surface area contributed by atoms with E-state index in [1.807, 2.05) is 6.92 Å².